The summed E-state index contributed by atoms with van der Waals surface area (Å²) in [7, 11) is 1.72. The average Bonchev–Trinajstić information content (AvgIpc) is 3.30. The molecule has 7 heteroatoms. The van der Waals surface area contributed by atoms with Gasteiger partial charge in [0.05, 0.1) is 30.0 Å². The Bertz CT molecular complexity index is 1270. The fourth-order valence-electron chi connectivity index (χ4n) is 3.49. The second-order valence-corrected chi connectivity index (χ2v) is 7.05. The van der Waals surface area contributed by atoms with Crippen LogP contribution in [0.4, 0.5) is 0 Å². The summed E-state index contributed by atoms with van der Waals surface area (Å²) in [6.07, 6.45) is 1.62. The van der Waals surface area contributed by atoms with Crippen molar-refractivity contribution in [3.63, 3.8) is 0 Å². The Kier molecular flexibility index (Phi) is 5.63. The molecule has 7 nitrogen and oxygen atoms in total. The van der Waals surface area contributed by atoms with Crippen molar-refractivity contribution >= 4 is 16.8 Å². The van der Waals surface area contributed by atoms with Gasteiger partial charge in [-0.2, -0.15) is 10.4 Å². The van der Waals surface area contributed by atoms with Crippen LogP contribution in [0.1, 0.15) is 28.5 Å². The van der Waals surface area contributed by atoms with Crippen LogP contribution in [0, 0.1) is 11.3 Å². The topological polar surface area (TPSA) is 94.9 Å². The van der Waals surface area contributed by atoms with Crippen molar-refractivity contribution in [1.82, 2.24) is 20.1 Å². The van der Waals surface area contributed by atoms with Gasteiger partial charge in [-0.05, 0) is 36.2 Å². The molecular weight excluding hydrogens is 390 g/mol. The molecular formula is C24H21N5O2. The molecule has 1 amide bonds. The molecule has 0 saturated heterocycles. The summed E-state index contributed by atoms with van der Waals surface area (Å²) in [6, 6.07) is 19.1. The SMILES string of the molecule is CCOc1nc(C(=O)N(C)Cc2ccc(C#N)c3cn[nH]c23)ccc1-c1ccccc1. The summed E-state index contributed by atoms with van der Waals surface area (Å²) in [5, 5.41) is 17.0. The Balaban J connectivity index is 1.61. The summed E-state index contributed by atoms with van der Waals surface area (Å²) in [6.45, 7) is 2.68. The molecule has 4 aromatic rings. The van der Waals surface area contributed by atoms with Gasteiger partial charge in [0.25, 0.3) is 5.91 Å². The molecule has 1 N–H and O–H groups in total. The van der Waals surface area contributed by atoms with Gasteiger partial charge in [0, 0.05) is 24.5 Å². The van der Waals surface area contributed by atoms with E-state index in [-0.39, 0.29) is 5.91 Å². The molecule has 0 spiro atoms. The standard InChI is InChI=1S/C24H21N5O2/c1-3-31-23-19(16-7-5-4-6-8-16)11-12-21(27-23)24(30)29(2)15-18-10-9-17(13-25)20-14-26-28-22(18)20/h4-12,14H,3,15H2,1-2H3,(H,26,28). The molecule has 0 bridgehead atoms. The number of hydrogen-bond donors (Lipinski definition) is 1. The highest BCUT2D eigenvalue weighted by Gasteiger charge is 2.19. The molecule has 2 aromatic carbocycles. The fourth-order valence-corrected chi connectivity index (χ4v) is 3.49. The molecule has 4 rings (SSSR count). The van der Waals surface area contributed by atoms with Gasteiger partial charge < -0.3 is 9.64 Å². The predicted molar refractivity (Wildman–Crippen MR) is 117 cm³/mol. The number of nitrogens with zero attached hydrogens (tertiary/aromatic N) is 4. The molecule has 0 aliphatic heterocycles. The van der Waals surface area contributed by atoms with E-state index in [9.17, 15) is 10.1 Å². The Morgan fingerprint density at radius 3 is 2.71 bits per heavy atom. The van der Waals surface area contributed by atoms with Crippen molar-refractivity contribution in [3.05, 3.63) is 77.6 Å². The first-order valence-corrected chi connectivity index (χ1v) is 9.92. The predicted octanol–water partition coefficient (Wildman–Crippen LogP) is 4.17. The molecule has 0 atom stereocenters. The number of hydrogen-bond acceptors (Lipinski definition) is 5. The Morgan fingerprint density at radius 2 is 1.97 bits per heavy atom. The van der Waals surface area contributed by atoms with Gasteiger partial charge in [-0.3, -0.25) is 9.89 Å². The highest BCUT2D eigenvalue weighted by atomic mass is 16.5. The van der Waals surface area contributed by atoms with Crippen LogP contribution in [0.15, 0.2) is 60.8 Å². The minimum atomic E-state index is -0.224. The van der Waals surface area contributed by atoms with E-state index in [1.54, 1.807) is 30.3 Å². The molecule has 0 aliphatic carbocycles. The second kappa shape index (κ2) is 8.67. The lowest BCUT2D eigenvalue weighted by atomic mass is 10.1. The Hall–Kier alpha value is -4.18. The number of ether oxygens (including phenoxy) is 1. The van der Waals surface area contributed by atoms with Gasteiger partial charge in [0.1, 0.15) is 5.69 Å². The van der Waals surface area contributed by atoms with Crippen molar-refractivity contribution < 1.29 is 9.53 Å². The zero-order valence-electron chi connectivity index (χ0n) is 17.3. The number of carbonyl (C=O) groups excluding carboxylic acids is 1. The van der Waals surface area contributed by atoms with Crippen molar-refractivity contribution in [1.29, 1.82) is 5.26 Å². The highest BCUT2D eigenvalue weighted by molar-refractivity contribution is 5.93. The van der Waals surface area contributed by atoms with E-state index in [0.717, 1.165) is 27.6 Å². The molecule has 2 heterocycles. The number of amides is 1. The van der Waals surface area contributed by atoms with Crippen molar-refractivity contribution in [2.45, 2.75) is 13.5 Å². The monoisotopic (exact) mass is 411 g/mol. The highest BCUT2D eigenvalue weighted by Crippen LogP contribution is 2.29. The number of H-pyrrole nitrogens is 1. The number of pyridine rings is 1. The van der Waals surface area contributed by atoms with Crippen LogP contribution < -0.4 is 4.74 Å². The van der Waals surface area contributed by atoms with Crippen LogP contribution in [0.3, 0.4) is 0 Å². The number of fused-ring (bicyclic) bond motifs is 1. The van der Waals surface area contributed by atoms with E-state index in [4.69, 9.17) is 4.74 Å². The van der Waals surface area contributed by atoms with Crippen LogP contribution in [-0.2, 0) is 6.54 Å². The van der Waals surface area contributed by atoms with E-state index in [1.807, 2.05) is 49.4 Å². The smallest absolute Gasteiger partial charge is 0.272 e. The summed E-state index contributed by atoms with van der Waals surface area (Å²) < 4.78 is 5.73. The summed E-state index contributed by atoms with van der Waals surface area (Å²) in [5.74, 6) is 0.208. The van der Waals surface area contributed by atoms with Crippen molar-refractivity contribution in [3.8, 4) is 23.1 Å². The van der Waals surface area contributed by atoms with E-state index < -0.39 is 0 Å². The largest absolute Gasteiger partial charge is 0.478 e. The molecule has 0 radical (unpaired) electrons. The lowest BCUT2D eigenvalue weighted by molar-refractivity contribution is 0.0778. The van der Waals surface area contributed by atoms with Crippen molar-refractivity contribution in [2.75, 3.05) is 13.7 Å². The van der Waals surface area contributed by atoms with Crippen LogP contribution in [0.5, 0.6) is 5.88 Å². The molecule has 0 unspecified atom stereocenters. The van der Waals surface area contributed by atoms with Crippen LogP contribution in [0.2, 0.25) is 0 Å². The number of rotatable bonds is 6. The minimum absolute atomic E-state index is 0.224. The van der Waals surface area contributed by atoms with E-state index >= 15 is 0 Å². The normalized spacial score (nSPS) is 10.6. The van der Waals surface area contributed by atoms with Gasteiger partial charge in [-0.25, -0.2) is 4.98 Å². The molecule has 154 valence electrons. The maximum atomic E-state index is 13.1. The number of nitriles is 1. The van der Waals surface area contributed by atoms with Gasteiger partial charge in [0.15, 0.2) is 0 Å². The zero-order valence-corrected chi connectivity index (χ0v) is 17.3. The number of nitrogens with one attached hydrogen (secondary N) is 1. The van der Waals surface area contributed by atoms with Crippen LogP contribution in [0.25, 0.3) is 22.0 Å². The van der Waals surface area contributed by atoms with Crippen molar-refractivity contribution in [2.24, 2.45) is 0 Å². The molecule has 0 fully saturated rings. The zero-order chi connectivity index (χ0) is 21.8. The third kappa shape index (κ3) is 3.96. The van der Waals surface area contributed by atoms with Gasteiger partial charge in [-0.1, -0.05) is 36.4 Å². The maximum absolute atomic E-state index is 13.1. The fraction of sp³-hybridized carbons (Fsp3) is 0.167. The lowest BCUT2D eigenvalue weighted by Crippen LogP contribution is -2.27. The van der Waals surface area contributed by atoms with E-state index in [2.05, 4.69) is 21.3 Å². The number of aromatic nitrogens is 3. The first-order chi connectivity index (χ1) is 15.1. The minimum Gasteiger partial charge on any atom is -0.478 e. The molecule has 31 heavy (non-hydrogen) atoms. The maximum Gasteiger partial charge on any atom is 0.272 e. The Labute approximate surface area is 179 Å². The van der Waals surface area contributed by atoms with Crippen LogP contribution in [-0.4, -0.2) is 39.6 Å². The summed E-state index contributed by atoms with van der Waals surface area (Å²) in [4.78, 5) is 19.2. The third-order valence-corrected chi connectivity index (χ3v) is 5.02. The number of benzene rings is 2. The third-order valence-electron chi connectivity index (χ3n) is 5.02. The van der Waals surface area contributed by atoms with Gasteiger partial charge in [-0.15, -0.1) is 0 Å². The first kappa shape index (κ1) is 20.1. The molecule has 0 saturated carbocycles. The number of aromatic amines is 1. The van der Waals surface area contributed by atoms with Gasteiger partial charge >= 0.3 is 0 Å². The van der Waals surface area contributed by atoms with Crippen LogP contribution >= 0.6 is 0 Å². The summed E-state index contributed by atoms with van der Waals surface area (Å²) in [5.41, 5.74) is 4.29. The molecule has 2 aromatic heterocycles. The molecule has 0 aliphatic rings. The second-order valence-electron chi connectivity index (χ2n) is 7.05. The first-order valence-electron chi connectivity index (χ1n) is 9.92. The average molecular weight is 411 g/mol. The number of carbonyl (C=O) groups is 1. The lowest BCUT2D eigenvalue weighted by Gasteiger charge is -2.18. The van der Waals surface area contributed by atoms with E-state index in [0.29, 0.717) is 30.3 Å². The van der Waals surface area contributed by atoms with E-state index in [1.165, 1.54) is 0 Å². The Morgan fingerprint density at radius 1 is 1.16 bits per heavy atom. The summed E-state index contributed by atoms with van der Waals surface area (Å²) >= 11 is 0. The van der Waals surface area contributed by atoms with Gasteiger partial charge in [0.2, 0.25) is 5.88 Å². The quantitative estimate of drug-likeness (QED) is 0.514.